The predicted octanol–water partition coefficient (Wildman–Crippen LogP) is 3.61. The molecule has 1 fully saturated rings. The van der Waals surface area contributed by atoms with Gasteiger partial charge >= 0.3 is 0 Å². The molecule has 1 amide bonds. The average molecular weight is 378 g/mol. The number of aryl methyl sites for hydroxylation is 1. The zero-order valence-corrected chi connectivity index (χ0v) is 16.1. The van der Waals surface area contributed by atoms with Crippen molar-refractivity contribution in [3.63, 3.8) is 0 Å². The minimum absolute atomic E-state index is 0.151. The largest absolute Gasteiger partial charge is 0.336 e. The molecule has 138 valence electrons. The summed E-state index contributed by atoms with van der Waals surface area (Å²) in [6, 6.07) is 15.3. The predicted molar refractivity (Wildman–Crippen MR) is 109 cm³/mol. The van der Waals surface area contributed by atoms with Crippen molar-refractivity contribution in [1.82, 2.24) is 14.8 Å². The lowest BCUT2D eigenvalue weighted by molar-refractivity contribution is 0.0555. The van der Waals surface area contributed by atoms with Gasteiger partial charge < -0.3 is 4.90 Å². The van der Waals surface area contributed by atoms with Gasteiger partial charge in [-0.2, -0.15) is 0 Å². The molecule has 1 saturated heterocycles. The van der Waals surface area contributed by atoms with Crippen LogP contribution in [0.1, 0.15) is 27.9 Å². The maximum Gasteiger partial charge on any atom is 0.255 e. The molecule has 1 aromatic heterocycles. The number of thiazole rings is 1. The lowest BCUT2D eigenvalue weighted by Gasteiger charge is -2.41. The summed E-state index contributed by atoms with van der Waals surface area (Å²) in [5, 5.41) is 0. The van der Waals surface area contributed by atoms with Crippen molar-refractivity contribution in [2.24, 2.45) is 0 Å². The highest BCUT2D eigenvalue weighted by atomic mass is 32.1. The lowest BCUT2D eigenvalue weighted by atomic mass is 9.87. The number of hydrogen-bond donors (Lipinski definition) is 0. The molecule has 1 aliphatic carbocycles. The first-order valence-electron chi connectivity index (χ1n) is 9.72. The third kappa shape index (κ3) is 3.15. The van der Waals surface area contributed by atoms with Crippen molar-refractivity contribution in [3.8, 4) is 0 Å². The Kier molecular flexibility index (Phi) is 4.42. The SMILES string of the molecule is O=C(c1cccc2ncsc12)N1CCN(C2CCc3ccccc3C2)CC1. The molecule has 0 N–H and O–H groups in total. The smallest absolute Gasteiger partial charge is 0.255 e. The fourth-order valence-electron chi connectivity index (χ4n) is 4.51. The third-order valence-corrected chi connectivity index (χ3v) is 6.90. The number of rotatable bonds is 2. The van der Waals surface area contributed by atoms with Crippen LogP contribution in [0.25, 0.3) is 10.2 Å². The van der Waals surface area contributed by atoms with E-state index in [0.29, 0.717) is 6.04 Å². The summed E-state index contributed by atoms with van der Waals surface area (Å²) >= 11 is 1.55. The Morgan fingerprint density at radius 2 is 1.81 bits per heavy atom. The van der Waals surface area contributed by atoms with Crippen molar-refractivity contribution in [2.75, 3.05) is 26.2 Å². The average Bonchev–Trinajstić information content (AvgIpc) is 3.22. The molecular formula is C22H23N3OS. The monoisotopic (exact) mass is 377 g/mol. The molecule has 5 heteroatoms. The van der Waals surface area contributed by atoms with Crippen LogP contribution in [0.5, 0.6) is 0 Å². The Labute approximate surface area is 163 Å². The molecule has 2 heterocycles. The molecule has 2 aliphatic rings. The number of benzene rings is 2. The van der Waals surface area contributed by atoms with Gasteiger partial charge in [-0.25, -0.2) is 4.98 Å². The number of aromatic nitrogens is 1. The van der Waals surface area contributed by atoms with Crippen molar-refractivity contribution in [3.05, 3.63) is 64.7 Å². The Morgan fingerprint density at radius 1 is 1.00 bits per heavy atom. The highest BCUT2D eigenvalue weighted by Gasteiger charge is 2.29. The van der Waals surface area contributed by atoms with E-state index in [2.05, 4.69) is 34.1 Å². The molecule has 0 spiro atoms. The molecule has 0 saturated carbocycles. The van der Waals surface area contributed by atoms with Crippen LogP contribution in [0.4, 0.5) is 0 Å². The van der Waals surface area contributed by atoms with E-state index in [1.165, 1.54) is 24.0 Å². The minimum Gasteiger partial charge on any atom is -0.336 e. The second kappa shape index (κ2) is 7.06. The maximum atomic E-state index is 13.0. The number of piperazine rings is 1. The van der Waals surface area contributed by atoms with Gasteiger partial charge in [-0.3, -0.25) is 9.69 Å². The Balaban J connectivity index is 1.25. The molecule has 3 aromatic rings. The van der Waals surface area contributed by atoms with Gasteiger partial charge in [0, 0.05) is 32.2 Å². The molecule has 1 atom stereocenters. The molecule has 0 radical (unpaired) electrons. The second-order valence-corrected chi connectivity index (χ2v) is 8.35. The Hall–Kier alpha value is -2.24. The first kappa shape index (κ1) is 16.9. The van der Waals surface area contributed by atoms with Crippen molar-refractivity contribution < 1.29 is 4.79 Å². The van der Waals surface area contributed by atoms with Gasteiger partial charge in [-0.05, 0) is 42.5 Å². The van der Waals surface area contributed by atoms with Crippen LogP contribution >= 0.6 is 11.3 Å². The van der Waals surface area contributed by atoms with E-state index in [0.717, 1.165) is 48.4 Å². The van der Waals surface area contributed by atoms with Gasteiger partial charge in [0.25, 0.3) is 5.91 Å². The van der Waals surface area contributed by atoms with Crippen molar-refractivity contribution in [1.29, 1.82) is 0 Å². The van der Waals surface area contributed by atoms with Crippen LogP contribution in [0.2, 0.25) is 0 Å². The summed E-state index contributed by atoms with van der Waals surface area (Å²) in [6.07, 6.45) is 3.54. The fraction of sp³-hybridized carbons (Fsp3) is 0.364. The number of carbonyl (C=O) groups excluding carboxylic acids is 1. The molecule has 0 bridgehead atoms. The molecule has 4 nitrogen and oxygen atoms in total. The van der Waals surface area contributed by atoms with E-state index in [-0.39, 0.29) is 5.91 Å². The number of hydrogen-bond acceptors (Lipinski definition) is 4. The molecular weight excluding hydrogens is 354 g/mol. The fourth-order valence-corrected chi connectivity index (χ4v) is 5.30. The van der Waals surface area contributed by atoms with Crippen LogP contribution in [-0.4, -0.2) is 52.9 Å². The molecule has 1 aliphatic heterocycles. The Bertz CT molecular complexity index is 974. The van der Waals surface area contributed by atoms with Crippen molar-refractivity contribution >= 4 is 27.5 Å². The standard InChI is InChI=1S/C22H23N3OS/c26-22(19-6-3-7-20-21(19)27-15-23-20)25-12-10-24(11-13-25)18-9-8-16-4-1-2-5-17(16)14-18/h1-7,15,18H,8-14H2. The number of amides is 1. The normalized spacial score (nSPS) is 20.6. The van der Waals surface area contributed by atoms with Crippen LogP contribution in [0, 0.1) is 0 Å². The van der Waals surface area contributed by atoms with E-state index in [4.69, 9.17) is 0 Å². The van der Waals surface area contributed by atoms with Crippen LogP contribution < -0.4 is 0 Å². The van der Waals surface area contributed by atoms with Gasteiger partial charge in [0.2, 0.25) is 0 Å². The van der Waals surface area contributed by atoms with Crippen LogP contribution in [0.3, 0.4) is 0 Å². The molecule has 27 heavy (non-hydrogen) atoms. The van der Waals surface area contributed by atoms with Gasteiger partial charge in [-0.1, -0.05) is 30.3 Å². The van der Waals surface area contributed by atoms with Crippen LogP contribution in [0.15, 0.2) is 48.0 Å². The Morgan fingerprint density at radius 3 is 2.67 bits per heavy atom. The van der Waals surface area contributed by atoms with Gasteiger partial charge in [-0.15, -0.1) is 11.3 Å². The second-order valence-electron chi connectivity index (χ2n) is 7.50. The maximum absolute atomic E-state index is 13.0. The summed E-state index contributed by atoms with van der Waals surface area (Å²) in [7, 11) is 0. The highest BCUT2D eigenvalue weighted by Crippen LogP contribution is 2.27. The van der Waals surface area contributed by atoms with Gasteiger partial charge in [0.1, 0.15) is 0 Å². The van der Waals surface area contributed by atoms with E-state index >= 15 is 0 Å². The minimum atomic E-state index is 0.151. The number of carbonyl (C=O) groups is 1. The summed E-state index contributed by atoms with van der Waals surface area (Å²) in [5.74, 6) is 0.151. The topological polar surface area (TPSA) is 36.4 Å². The molecule has 2 aromatic carbocycles. The van der Waals surface area contributed by atoms with Crippen molar-refractivity contribution in [2.45, 2.75) is 25.3 Å². The zero-order chi connectivity index (χ0) is 18.2. The summed E-state index contributed by atoms with van der Waals surface area (Å²) in [4.78, 5) is 22.0. The highest BCUT2D eigenvalue weighted by molar-refractivity contribution is 7.17. The first-order valence-corrected chi connectivity index (χ1v) is 10.6. The number of nitrogens with zero attached hydrogens (tertiary/aromatic N) is 3. The van der Waals surface area contributed by atoms with E-state index < -0.39 is 0 Å². The molecule has 5 rings (SSSR count). The number of fused-ring (bicyclic) bond motifs is 2. The summed E-state index contributed by atoms with van der Waals surface area (Å²) < 4.78 is 1.01. The third-order valence-electron chi connectivity index (χ3n) is 6.03. The summed E-state index contributed by atoms with van der Waals surface area (Å²) in [6.45, 7) is 3.56. The first-order chi connectivity index (χ1) is 13.3. The van der Waals surface area contributed by atoms with E-state index in [9.17, 15) is 4.79 Å². The van der Waals surface area contributed by atoms with E-state index in [1.54, 1.807) is 11.3 Å². The van der Waals surface area contributed by atoms with Crippen LogP contribution in [-0.2, 0) is 12.8 Å². The zero-order valence-electron chi connectivity index (χ0n) is 15.3. The lowest BCUT2D eigenvalue weighted by Crippen LogP contribution is -2.53. The van der Waals surface area contributed by atoms with Gasteiger partial charge in [0.05, 0.1) is 21.3 Å². The summed E-state index contributed by atoms with van der Waals surface area (Å²) in [5.41, 5.74) is 6.56. The quantitative estimate of drug-likeness (QED) is 0.684. The van der Waals surface area contributed by atoms with Gasteiger partial charge in [0.15, 0.2) is 0 Å². The van der Waals surface area contributed by atoms with E-state index in [1.807, 2.05) is 28.6 Å². The molecule has 1 unspecified atom stereocenters.